The number of benzene rings is 1. The Morgan fingerprint density at radius 1 is 1.11 bits per heavy atom. The third kappa shape index (κ3) is 5.15. The van der Waals surface area contributed by atoms with Crippen molar-refractivity contribution in [3.63, 3.8) is 0 Å². The van der Waals surface area contributed by atoms with Crippen LogP contribution >= 0.6 is 24.8 Å². The van der Waals surface area contributed by atoms with Crippen LogP contribution in [0.2, 0.25) is 0 Å². The molecule has 0 aliphatic carbocycles. The largest absolute Gasteiger partial charge is 0.330 e. The molecule has 3 N–H and O–H groups in total. The van der Waals surface area contributed by atoms with Gasteiger partial charge in [-0.1, -0.05) is 30.3 Å². The van der Waals surface area contributed by atoms with Crippen molar-refractivity contribution >= 4 is 24.8 Å². The number of piperidine rings is 1. The molecular formula is C14H24Cl2N2. The molecule has 1 aromatic carbocycles. The number of halogens is 2. The van der Waals surface area contributed by atoms with E-state index in [0.717, 1.165) is 32.0 Å². The highest BCUT2D eigenvalue weighted by Gasteiger charge is 2.22. The first kappa shape index (κ1) is 17.7. The fourth-order valence-corrected chi connectivity index (χ4v) is 2.67. The summed E-state index contributed by atoms with van der Waals surface area (Å²) < 4.78 is 0. The Hall–Kier alpha value is -0.280. The van der Waals surface area contributed by atoms with Crippen molar-refractivity contribution in [3.8, 4) is 0 Å². The summed E-state index contributed by atoms with van der Waals surface area (Å²) in [7, 11) is 0. The summed E-state index contributed by atoms with van der Waals surface area (Å²) in [6.45, 7) is 3.14. The minimum Gasteiger partial charge on any atom is -0.330 e. The molecule has 0 aromatic heterocycles. The van der Waals surface area contributed by atoms with Crippen molar-refractivity contribution in [2.24, 2.45) is 17.6 Å². The van der Waals surface area contributed by atoms with Crippen molar-refractivity contribution in [2.45, 2.75) is 19.3 Å². The van der Waals surface area contributed by atoms with E-state index in [9.17, 15) is 0 Å². The van der Waals surface area contributed by atoms with E-state index in [0.29, 0.717) is 5.92 Å². The Morgan fingerprint density at radius 3 is 2.28 bits per heavy atom. The van der Waals surface area contributed by atoms with Crippen LogP contribution in [0.1, 0.15) is 18.4 Å². The Bertz CT molecular complexity index is 300. The first-order valence-corrected chi connectivity index (χ1v) is 6.35. The van der Waals surface area contributed by atoms with Crippen LogP contribution in [0.25, 0.3) is 0 Å². The number of hydrogen-bond donors (Lipinski definition) is 2. The maximum Gasteiger partial charge on any atom is -0.00430 e. The first-order chi connectivity index (χ1) is 7.90. The van der Waals surface area contributed by atoms with Crippen LogP contribution in [0.3, 0.4) is 0 Å². The lowest BCUT2D eigenvalue weighted by atomic mass is 9.81. The molecule has 0 bridgehead atoms. The molecule has 1 aliphatic rings. The minimum absolute atomic E-state index is 0. The standard InChI is InChI=1S/C14H22N2.2ClH/c15-11-14(13-6-8-16-9-7-13)10-12-4-2-1-3-5-12;;/h1-5,13-14,16H,6-11,15H2;2*1H. The fraction of sp³-hybridized carbons (Fsp3) is 0.571. The zero-order valence-corrected chi connectivity index (χ0v) is 12.3. The molecule has 0 saturated carbocycles. The Morgan fingerprint density at radius 2 is 1.72 bits per heavy atom. The van der Waals surface area contributed by atoms with E-state index in [-0.39, 0.29) is 24.8 Å². The van der Waals surface area contributed by atoms with Crippen LogP contribution in [0.4, 0.5) is 0 Å². The van der Waals surface area contributed by atoms with Gasteiger partial charge in [-0.3, -0.25) is 0 Å². The summed E-state index contributed by atoms with van der Waals surface area (Å²) in [6.07, 6.45) is 3.71. The van der Waals surface area contributed by atoms with Crippen molar-refractivity contribution in [3.05, 3.63) is 35.9 Å². The summed E-state index contributed by atoms with van der Waals surface area (Å²) in [4.78, 5) is 0. The number of hydrogen-bond acceptors (Lipinski definition) is 2. The molecule has 0 amide bonds. The first-order valence-electron chi connectivity index (χ1n) is 6.35. The van der Waals surface area contributed by atoms with E-state index >= 15 is 0 Å². The molecule has 2 nitrogen and oxygen atoms in total. The number of rotatable bonds is 4. The predicted octanol–water partition coefficient (Wildman–Crippen LogP) is 2.65. The summed E-state index contributed by atoms with van der Waals surface area (Å²) in [5, 5.41) is 3.42. The summed E-state index contributed by atoms with van der Waals surface area (Å²) in [5.74, 6) is 1.47. The minimum atomic E-state index is 0. The molecule has 1 unspecified atom stereocenters. The number of nitrogens with two attached hydrogens (primary N) is 1. The van der Waals surface area contributed by atoms with E-state index < -0.39 is 0 Å². The molecule has 18 heavy (non-hydrogen) atoms. The van der Waals surface area contributed by atoms with Gasteiger partial charge in [-0.2, -0.15) is 0 Å². The maximum absolute atomic E-state index is 5.93. The average Bonchev–Trinajstić information content (AvgIpc) is 2.38. The molecule has 1 aliphatic heterocycles. The van der Waals surface area contributed by atoms with Crippen molar-refractivity contribution in [1.29, 1.82) is 0 Å². The molecule has 104 valence electrons. The maximum atomic E-state index is 5.93. The topological polar surface area (TPSA) is 38.0 Å². The molecular weight excluding hydrogens is 267 g/mol. The van der Waals surface area contributed by atoms with Crippen molar-refractivity contribution in [1.82, 2.24) is 5.32 Å². The predicted molar refractivity (Wildman–Crippen MR) is 82.8 cm³/mol. The smallest absolute Gasteiger partial charge is 0.00430 e. The van der Waals surface area contributed by atoms with Crippen molar-refractivity contribution in [2.75, 3.05) is 19.6 Å². The van der Waals surface area contributed by atoms with E-state index in [1.165, 1.54) is 18.4 Å². The molecule has 1 fully saturated rings. The molecule has 1 saturated heterocycles. The monoisotopic (exact) mass is 290 g/mol. The van der Waals surface area contributed by atoms with E-state index in [4.69, 9.17) is 5.73 Å². The third-order valence-corrected chi connectivity index (χ3v) is 3.69. The summed E-state index contributed by atoms with van der Waals surface area (Å²) in [6, 6.07) is 10.7. The quantitative estimate of drug-likeness (QED) is 0.895. The van der Waals surface area contributed by atoms with E-state index in [1.807, 2.05) is 0 Å². The molecule has 4 heteroatoms. The fourth-order valence-electron chi connectivity index (χ4n) is 2.67. The van der Waals surface area contributed by atoms with Gasteiger partial charge in [0, 0.05) is 0 Å². The van der Waals surface area contributed by atoms with Gasteiger partial charge in [0.2, 0.25) is 0 Å². The Labute approximate surface area is 123 Å². The lowest BCUT2D eigenvalue weighted by Crippen LogP contribution is -2.35. The van der Waals surface area contributed by atoms with Gasteiger partial charge in [0.1, 0.15) is 0 Å². The summed E-state index contributed by atoms with van der Waals surface area (Å²) in [5.41, 5.74) is 7.36. The zero-order chi connectivity index (χ0) is 11.2. The second-order valence-electron chi connectivity index (χ2n) is 4.77. The Balaban J connectivity index is 0.00000144. The Kier molecular flexibility index (Phi) is 9.47. The van der Waals surface area contributed by atoms with Crippen LogP contribution in [-0.2, 0) is 6.42 Å². The highest BCUT2D eigenvalue weighted by molar-refractivity contribution is 5.85. The second kappa shape index (κ2) is 9.62. The highest BCUT2D eigenvalue weighted by atomic mass is 35.5. The third-order valence-electron chi connectivity index (χ3n) is 3.69. The zero-order valence-electron chi connectivity index (χ0n) is 10.7. The molecule has 0 spiro atoms. The molecule has 0 radical (unpaired) electrons. The van der Waals surface area contributed by atoms with E-state index in [2.05, 4.69) is 35.6 Å². The van der Waals surface area contributed by atoms with Crippen molar-refractivity contribution < 1.29 is 0 Å². The van der Waals surface area contributed by atoms with Crippen LogP contribution < -0.4 is 11.1 Å². The summed E-state index contributed by atoms with van der Waals surface area (Å²) >= 11 is 0. The van der Waals surface area contributed by atoms with Gasteiger partial charge in [0.15, 0.2) is 0 Å². The van der Waals surface area contributed by atoms with Crippen LogP contribution in [0.15, 0.2) is 30.3 Å². The van der Waals surface area contributed by atoms with Crippen LogP contribution in [0, 0.1) is 11.8 Å². The average molecular weight is 291 g/mol. The van der Waals surface area contributed by atoms with Crippen LogP contribution in [0.5, 0.6) is 0 Å². The lowest BCUT2D eigenvalue weighted by Gasteiger charge is -2.30. The SMILES string of the molecule is Cl.Cl.NCC(Cc1ccccc1)C1CCNCC1. The van der Waals surface area contributed by atoms with Crippen LogP contribution in [-0.4, -0.2) is 19.6 Å². The van der Waals surface area contributed by atoms with Gasteiger partial charge in [0.25, 0.3) is 0 Å². The molecule has 1 aromatic rings. The van der Waals surface area contributed by atoms with Gasteiger partial charge in [-0.25, -0.2) is 0 Å². The van der Waals surface area contributed by atoms with Gasteiger partial charge >= 0.3 is 0 Å². The highest BCUT2D eigenvalue weighted by Crippen LogP contribution is 2.24. The normalized spacial score (nSPS) is 17.4. The van der Waals surface area contributed by atoms with Gasteiger partial charge < -0.3 is 11.1 Å². The molecule has 2 rings (SSSR count). The number of nitrogens with one attached hydrogen (secondary N) is 1. The lowest BCUT2D eigenvalue weighted by molar-refractivity contribution is 0.262. The van der Waals surface area contributed by atoms with Gasteiger partial charge in [-0.15, -0.1) is 24.8 Å². The molecule has 1 heterocycles. The second-order valence-corrected chi connectivity index (χ2v) is 4.77. The van der Waals surface area contributed by atoms with E-state index in [1.54, 1.807) is 0 Å². The molecule has 1 atom stereocenters. The van der Waals surface area contributed by atoms with Gasteiger partial charge in [-0.05, 0) is 56.3 Å². The van der Waals surface area contributed by atoms with Gasteiger partial charge in [0.05, 0.1) is 0 Å².